The van der Waals surface area contributed by atoms with E-state index in [0.717, 1.165) is 19.1 Å². The number of likely N-dealkylation sites (N-methyl/N-ethyl adjacent to an activating group) is 1. The Morgan fingerprint density at radius 2 is 2.50 bits per heavy atom. The quantitative estimate of drug-likeness (QED) is 0.443. The molecule has 0 spiro atoms. The molecule has 1 saturated heterocycles. The van der Waals surface area contributed by atoms with Crippen molar-refractivity contribution in [3.8, 4) is 0 Å². The minimum Gasteiger partial charge on any atom is -0.310 e. The van der Waals surface area contributed by atoms with Crippen molar-refractivity contribution in [1.82, 2.24) is 10.2 Å². The highest BCUT2D eigenvalue weighted by Crippen LogP contribution is 2.00. The molecule has 1 N–H and O–H groups in total. The van der Waals surface area contributed by atoms with Crippen LogP contribution >= 0.6 is 0 Å². The molecule has 1 aliphatic rings. The summed E-state index contributed by atoms with van der Waals surface area (Å²) in [4.78, 5) is 2.39. The summed E-state index contributed by atoms with van der Waals surface area (Å²) in [5, 5.41) is 3.28. The van der Waals surface area contributed by atoms with Gasteiger partial charge in [-0.2, -0.15) is 0 Å². The van der Waals surface area contributed by atoms with E-state index in [1.54, 1.807) is 0 Å². The number of hydrogen-bond acceptors (Lipinski definition) is 2. The summed E-state index contributed by atoms with van der Waals surface area (Å²) in [7, 11) is 0. The molecule has 2 heteroatoms. The van der Waals surface area contributed by atoms with Crippen molar-refractivity contribution in [1.29, 1.82) is 0 Å². The molecule has 1 unspecified atom stereocenters. The van der Waals surface area contributed by atoms with E-state index < -0.39 is 0 Å². The lowest BCUT2D eigenvalue weighted by molar-refractivity contribution is 0.321. The molecule has 1 rings (SSSR count). The summed E-state index contributed by atoms with van der Waals surface area (Å²) < 4.78 is 0. The van der Waals surface area contributed by atoms with Crippen LogP contribution in [0.4, 0.5) is 0 Å². The van der Waals surface area contributed by atoms with Crippen molar-refractivity contribution >= 4 is 0 Å². The maximum Gasteiger partial charge on any atom is 0.0320 e. The van der Waals surface area contributed by atoms with Crippen LogP contribution in [0.15, 0.2) is 12.7 Å². The molecule has 1 heterocycles. The van der Waals surface area contributed by atoms with Crippen molar-refractivity contribution in [2.24, 2.45) is 0 Å². The Balaban J connectivity index is 2.11. The van der Waals surface area contributed by atoms with Crippen molar-refractivity contribution in [2.45, 2.75) is 13.0 Å². The van der Waals surface area contributed by atoms with Gasteiger partial charge in [0.25, 0.3) is 0 Å². The SMILES string of the molecule is C=CCN(CC)CC1CN1. The summed E-state index contributed by atoms with van der Waals surface area (Å²) >= 11 is 0. The molecule has 0 aromatic heterocycles. The molecule has 0 aliphatic carbocycles. The second kappa shape index (κ2) is 3.74. The fourth-order valence-corrected chi connectivity index (χ4v) is 1.04. The first-order chi connectivity index (χ1) is 4.86. The Morgan fingerprint density at radius 1 is 1.80 bits per heavy atom. The van der Waals surface area contributed by atoms with E-state index in [2.05, 4.69) is 23.7 Å². The van der Waals surface area contributed by atoms with Gasteiger partial charge in [-0.05, 0) is 6.54 Å². The lowest BCUT2D eigenvalue weighted by Gasteiger charge is -2.16. The average molecular weight is 140 g/mol. The first-order valence-electron chi connectivity index (χ1n) is 3.93. The predicted molar refractivity (Wildman–Crippen MR) is 44.1 cm³/mol. The molecular weight excluding hydrogens is 124 g/mol. The molecule has 0 aromatic carbocycles. The van der Waals surface area contributed by atoms with Gasteiger partial charge < -0.3 is 5.32 Å². The van der Waals surface area contributed by atoms with E-state index >= 15 is 0 Å². The van der Waals surface area contributed by atoms with E-state index in [-0.39, 0.29) is 0 Å². The zero-order chi connectivity index (χ0) is 7.40. The van der Waals surface area contributed by atoms with E-state index in [0.29, 0.717) is 0 Å². The zero-order valence-electron chi connectivity index (χ0n) is 6.64. The van der Waals surface area contributed by atoms with Crippen molar-refractivity contribution < 1.29 is 0 Å². The van der Waals surface area contributed by atoms with Gasteiger partial charge in [0.1, 0.15) is 0 Å². The third kappa shape index (κ3) is 2.50. The normalized spacial score (nSPS) is 23.2. The topological polar surface area (TPSA) is 25.2 Å². The molecule has 0 radical (unpaired) electrons. The van der Waals surface area contributed by atoms with Gasteiger partial charge in [0.05, 0.1) is 0 Å². The second-order valence-corrected chi connectivity index (χ2v) is 2.75. The Hall–Kier alpha value is -0.340. The van der Waals surface area contributed by atoms with Gasteiger partial charge in [-0.15, -0.1) is 6.58 Å². The van der Waals surface area contributed by atoms with Crippen LogP contribution in [0.1, 0.15) is 6.92 Å². The van der Waals surface area contributed by atoms with Gasteiger partial charge in [0.2, 0.25) is 0 Å². The lowest BCUT2D eigenvalue weighted by atomic mass is 10.4. The van der Waals surface area contributed by atoms with Crippen LogP contribution in [0.25, 0.3) is 0 Å². The summed E-state index contributed by atoms with van der Waals surface area (Å²) in [5.74, 6) is 0. The summed E-state index contributed by atoms with van der Waals surface area (Å²) in [6.45, 7) is 10.4. The highest BCUT2D eigenvalue weighted by atomic mass is 15.2. The monoisotopic (exact) mass is 140 g/mol. The second-order valence-electron chi connectivity index (χ2n) is 2.75. The summed E-state index contributed by atoms with van der Waals surface area (Å²) in [6, 6.07) is 0.764. The molecule has 2 nitrogen and oxygen atoms in total. The molecule has 10 heavy (non-hydrogen) atoms. The van der Waals surface area contributed by atoms with Crippen LogP contribution in [0.3, 0.4) is 0 Å². The molecule has 1 atom stereocenters. The zero-order valence-corrected chi connectivity index (χ0v) is 6.64. The molecule has 58 valence electrons. The number of rotatable bonds is 5. The summed E-state index contributed by atoms with van der Waals surface area (Å²) in [5.41, 5.74) is 0. The van der Waals surface area contributed by atoms with Crippen LogP contribution in [0.5, 0.6) is 0 Å². The van der Waals surface area contributed by atoms with Crippen molar-refractivity contribution in [2.75, 3.05) is 26.2 Å². The van der Waals surface area contributed by atoms with Gasteiger partial charge in [-0.3, -0.25) is 4.90 Å². The third-order valence-electron chi connectivity index (χ3n) is 1.81. The van der Waals surface area contributed by atoms with Gasteiger partial charge >= 0.3 is 0 Å². The number of nitrogens with zero attached hydrogens (tertiary/aromatic N) is 1. The molecule has 0 bridgehead atoms. The number of nitrogens with one attached hydrogen (secondary N) is 1. The first kappa shape index (κ1) is 7.76. The van der Waals surface area contributed by atoms with Crippen molar-refractivity contribution in [3.05, 3.63) is 12.7 Å². The van der Waals surface area contributed by atoms with Crippen LogP contribution in [-0.2, 0) is 0 Å². The van der Waals surface area contributed by atoms with E-state index in [1.807, 2.05) is 6.08 Å². The Kier molecular flexibility index (Phi) is 2.90. The molecule has 0 amide bonds. The molecular formula is C8H16N2. The van der Waals surface area contributed by atoms with Crippen LogP contribution < -0.4 is 5.32 Å². The minimum atomic E-state index is 0.764. The van der Waals surface area contributed by atoms with Crippen LogP contribution in [0.2, 0.25) is 0 Å². The fourth-order valence-electron chi connectivity index (χ4n) is 1.04. The number of hydrogen-bond donors (Lipinski definition) is 1. The van der Waals surface area contributed by atoms with Crippen LogP contribution in [0, 0.1) is 0 Å². The minimum absolute atomic E-state index is 0.764. The van der Waals surface area contributed by atoms with E-state index in [1.165, 1.54) is 13.1 Å². The fraction of sp³-hybridized carbons (Fsp3) is 0.750. The predicted octanol–water partition coefficient (Wildman–Crippen LogP) is 0.466. The smallest absolute Gasteiger partial charge is 0.0320 e. The van der Waals surface area contributed by atoms with Crippen molar-refractivity contribution in [3.63, 3.8) is 0 Å². The van der Waals surface area contributed by atoms with Crippen LogP contribution in [-0.4, -0.2) is 37.1 Å². The Bertz CT molecular complexity index is 108. The van der Waals surface area contributed by atoms with Gasteiger partial charge in [0.15, 0.2) is 0 Å². The lowest BCUT2D eigenvalue weighted by Crippen LogP contribution is -2.28. The summed E-state index contributed by atoms with van der Waals surface area (Å²) in [6.07, 6.45) is 1.96. The highest BCUT2D eigenvalue weighted by Gasteiger charge is 2.21. The third-order valence-corrected chi connectivity index (χ3v) is 1.81. The van der Waals surface area contributed by atoms with Gasteiger partial charge in [0, 0.05) is 25.7 Å². The molecule has 0 aromatic rings. The standard InChI is InChI=1S/C8H16N2/c1-3-5-10(4-2)7-8-6-9-8/h3,8-9H,1,4-7H2,2H3. The maximum atomic E-state index is 3.71. The Morgan fingerprint density at radius 3 is 2.90 bits per heavy atom. The molecule has 1 aliphatic heterocycles. The average Bonchev–Trinajstić information content (AvgIpc) is 2.71. The van der Waals surface area contributed by atoms with Gasteiger partial charge in [-0.1, -0.05) is 13.0 Å². The first-order valence-corrected chi connectivity index (χ1v) is 3.93. The molecule has 1 fully saturated rings. The van der Waals surface area contributed by atoms with E-state index in [9.17, 15) is 0 Å². The Labute approximate surface area is 62.9 Å². The highest BCUT2D eigenvalue weighted by molar-refractivity contribution is 4.87. The maximum absolute atomic E-state index is 3.71. The van der Waals surface area contributed by atoms with Gasteiger partial charge in [-0.25, -0.2) is 0 Å². The molecule has 0 saturated carbocycles. The van der Waals surface area contributed by atoms with E-state index in [4.69, 9.17) is 0 Å². The largest absolute Gasteiger partial charge is 0.310 e.